The van der Waals surface area contributed by atoms with Gasteiger partial charge in [-0.05, 0) is 31.3 Å². The van der Waals surface area contributed by atoms with Crippen molar-refractivity contribution in [1.29, 1.82) is 5.26 Å². The number of rotatable bonds is 4. The van der Waals surface area contributed by atoms with Crippen LogP contribution < -0.4 is 0 Å². The van der Waals surface area contributed by atoms with Gasteiger partial charge in [0.2, 0.25) is 0 Å². The van der Waals surface area contributed by atoms with Crippen molar-refractivity contribution in [3.05, 3.63) is 54.0 Å². The zero-order chi connectivity index (χ0) is 17.0. The zero-order valence-corrected chi connectivity index (χ0v) is 14.0. The third-order valence-corrected chi connectivity index (χ3v) is 4.96. The summed E-state index contributed by atoms with van der Waals surface area (Å²) in [6, 6.07) is 13.5. The van der Waals surface area contributed by atoms with E-state index < -0.39 is 0 Å². The van der Waals surface area contributed by atoms with E-state index in [0.29, 0.717) is 24.2 Å². The van der Waals surface area contributed by atoms with Crippen LogP contribution >= 0.6 is 0 Å². The largest absolute Gasteiger partial charge is 0.299 e. The second-order valence-corrected chi connectivity index (χ2v) is 6.95. The van der Waals surface area contributed by atoms with Gasteiger partial charge in [-0.25, -0.2) is 4.39 Å². The summed E-state index contributed by atoms with van der Waals surface area (Å²) in [6.45, 7) is 4.55. The Hall–Kier alpha value is -2.25. The second kappa shape index (κ2) is 7.11. The second-order valence-electron chi connectivity index (χ2n) is 6.95. The number of halogens is 1. The fourth-order valence-electron chi connectivity index (χ4n) is 3.20. The van der Waals surface area contributed by atoms with Crippen molar-refractivity contribution in [3.63, 3.8) is 0 Å². The molecular formula is C20H22FN3. The van der Waals surface area contributed by atoms with Crippen molar-refractivity contribution in [1.82, 2.24) is 9.88 Å². The lowest BCUT2D eigenvalue weighted by molar-refractivity contribution is 0.115. The van der Waals surface area contributed by atoms with Crippen LogP contribution in [0.2, 0.25) is 0 Å². The highest BCUT2D eigenvalue weighted by Crippen LogP contribution is 2.34. The van der Waals surface area contributed by atoms with Gasteiger partial charge >= 0.3 is 0 Å². The van der Waals surface area contributed by atoms with Crippen LogP contribution in [0.4, 0.5) is 4.39 Å². The van der Waals surface area contributed by atoms with Crippen LogP contribution in [0.5, 0.6) is 0 Å². The smallest absolute Gasteiger partial charge is 0.131 e. The Bertz CT molecular complexity index is 728. The maximum Gasteiger partial charge on any atom is 0.131 e. The van der Waals surface area contributed by atoms with E-state index >= 15 is 0 Å². The summed E-state index contributed by atoms with van der Waals surface area (Å²) in [6.07, 6.45) is 4.22. The first kappa shape index (κ1) is 16.6. The Morgan fingerprint density at radius 1 is 1.25 bits per heavy atom. The Labute approximate surface area is 142 Å². The summed E-state index contributed by atoms with van der Waals surface area (Å²) in [5, 5.41) is 8.92. The number of aromatic nitrogens is 1. The molecule has 1 saturated heterocycles. The van der Waals surface area contributed by atoms with Crippen LogP contribution in [-0.4, -0.2) is 23.0 Å². The summed E-state index contributed by atoms with van der Waals surface area (Å²) in [4.78, 5) is 6.67. The lowest BCUT2D eigenvalue weighted by Gasteiger charge is -2.38. The molecule has 0 amide bonds. The van der Waals surface area contributed by atoms with Crippen LogP contribution in [0.3, 0.4) is 0 Å². The Morgan fingerprint density at radius 2 is 1.96 bits per heavy atom. The van der Waals surface area contributed by atoms with Gasteiger partial charge in [0.15, 0.2) is 0 Å². The quantitative estimate of drug-likeness (QED) is 0.837. The van der Waals surface area contributed by atoms with Gasteiger partial charge in [0.25, 0.3) is 0 Å². The summed E-state index contributed by atoms with van der Waals surface area (Å²) >= 11 is 0. The summed E-state index contributed by atoms with van der Waals surface area (Å²) < 4.78 is 14.5. The van der Waals surface area contributed by atoms with Crippen molar-refractivity contribution in [2.24, 2.45) is 5.41 Å². The molecular weight excluding hydrogens is 301 g/mol. The molecule has 1 aromatic heterocycles. The molecule has 124 valence electrons. The predicted octanol–water partition coefficient (Wildman–Crippen LogP) is 4.40. The number of benzene rings is 1. The van der Waals surface area contributed by atoms with Crippen LogP contribution in [0.15, 0.2) is 42.6 Å². The number of nitrogens with zero attached hydrogens (tertiary/aromatic N) is 3. The van der Waals surface area contributed by atoms with E-state index in [1.165, 1.54) is 6.07 Å². The fourth-order valence-corrected chi connectivity index (χ4v) is 3.20. The van der Waals surface area contributed by atoms with E-state index in [9.17, 15) is 4.39 Å². The van der Waals surface area contributed by atoms with Crippen LogP contribution in [0.1, 0.15) is 31.7 Å². The zero-order valence-electron chi connectivity index (χ0n) is 14.0. The van der Waals surface area contributed by atoms with Gasteiger partial charge in [0, 0.05) is 36.4 Å². The first-order valence-corrected chi connectivity index (χ1v) is 8.39. The van der Waals surface area contributed by atoms with Crippen LogP contribution in [0, 0.1) is 22.6 Å². The molecule has 0 spiro atoms. The molecule has 1 aliphatic heterocycles. The van der Waals surface area contributed by atoms with Gasteiger partial charge in [0.05, 0.1) is 11.8 Å². The maximum atomic E-state index is 14.5. The number of pyridine rings is 1. The molecule has 0 N–H and O–H groups in total. The minimum absolute atomic E-state index is 0.110. The lowest BCUT2D eigenvalue weighted by Crippen LogP contribution is -2.38. The molecule has 2 aromatic rings. The minimum Gasteiger partial charge on any atom is -0.299 e. The van der Waals surface area contributed by atoms with E-state index in [1.54, 1.807) is 6.20 Å². The minimum atomic E-state index is -0.200. The third kappa shape index (κ3) is 3.80. The molecule has 1 aromatic carbocycles. The predicted molar refractivity (Wildman–Crippen MR) is 92.5 cm³/mol. The molecule has 0 unspecified atom stereocenters. The molecule has 0 bridgehead atoms. The molecule has 4 heteroatoms. The number of nitriles is 1. The lowest BCUT2D eigenvalue weighted by atomic mass is 9.78. The Morgan fingerprint density at radius 3 is 2.58 bits per heavy atom. The SMILES string of the molecule is CC1(CC#N)CCN(Cc2cnc(-c3ccccc3)cc2F)CC1. The summed E-state index contributed by atoms with van der Waals surface area (Å²) in [5.41, 5.74) is 2.34. The molecule has 0 radical (unpaired) electrons. The standard InChI is InChI=1S/C20H22FN3/c1-20(7-10-22)8-11-24(12-9-20)15-17-14-23-19(13-18(17)21)16-5-3-2-4-6-16/h2-6,13-14H,7-9,11-12,15H2,1H3. The number of hydrogen-bond donors (Lipinski definition) is 0. The molecule has 0 saturated carbocycles. The molecule has 0 aliphatic carbocycles. The van der Waals surface area contributed by atoms with E-state index in [2.05, 4.69) is 22.9 Å². The molecule has 2 heterocycles. The van der Waals surface area contributed by atoms with E-state index in [-0.39, 0.29) is 11.2 Å². The Balaban J connectivity index is 1.66. The van der Waals surface area contributed by atoms with E-state index in [4.69, 9.17) is 5.26 Å². The first-order valence-electron chi connectivity index (χ1n) is 8.39. The fraction of sp³-hybridized carbons (Fsp3) is 0.400. The van der Waals surface area contributed by atoms with Crippen molar-refractivity contribution >= 4 is 0 Å². The molecule has 0 atom stereocenters. The average molecular weight is 323 g/mol. The average Bonchev–Trinajstić information content (AvgIpc) is 2.60. The summed E-state index contributed by atoms with van der Waals surface area (Å²) in [7, 11) is 0. The van der Waals surface area contributed by atoms with Gasteiger partial charge in [-0.2, -0.15) is 5.26 Å². The van der Waals surface area contributed by atoms with E-state index in [0.717, 1.165) is 31.5 Å². The van der Waals surface area contributed by atoms with Crippen molar-refractivity contribution in [2.75, 3.05) is 13.1 Å². The van der Waals surface area contributed by atoms with Crippen molar-refractivity contribution in [2.45, 2.75) is 32.7 Å². The van der Waals surface area contributed by atoms with Gasteiger partial charge in [0.1, 0.15) is 5.82 Å². The van der Waals surface area contributed by atoms with Gasteiger partial charge in [-0.3, -0.25) is 9.88 Å². The number of likely N-dealkylation sites (tertiary alicyclic amines) is 1. The third-order valence-electron chi connectivity index (χ3n) is 4.96. The van der Waals surface area contributed by atoms with Crippen molar-refractivity contribution in [3.8, 4) is 17.3 Å². The monoisotopic (exact) mass is 323 g/mol. The first-order chi connectivity index (χ1) is 11.6. The van der Waals surface area contributed by atoms with Gasteiger partial charge < -0.3 is 0 Å². The molecule has 3 rings (SSSR count). The molecule has 3 nitrogen and oxygen atoms in total. The highest BCUT2D eigenvalue weighted by molar-refractivity contribution is 5.58. The van der Waals surface area contributed by atoms with Crippen molar-refractivity contribution < 1.29 is 4.39 Å². The number of hydrogen-bond acceptors (Lipinski definition) is 3. The molecule has 24 heavy (non-hydrogen) atoms. The number of piperidine rings is 1. The normalized spacial score (nSPS) is 17.4. The van der Waals surface area contributed by atoms with Crippen LogP contribution in [-0.2, 0) is 6.54 Å². The van der Waals surface area contributed by atoms with Gasteiger partial charge in [-0.1, -0.05) is 37.3 Å². The maximum absolute atomic E-state index is 14.5. The van der Waals surface area contributed by atoms with Crippen LogP contribution in [0.25, 0.3) is 11.3 Å². The summed E-state index contributed by atoms with van der Waals surface area (Å²) in [5.74, 6) is -0.200. The molecule has 1 fully saturated rings. The van der Waals surface area contributed by atoms with E-state index in [1.807, 2.05) is 30.3 Å². The molecule has 1 aliphatic rings. The highest BCUT2D eigenvalue weighted by Gasteiger charge is 2.30. The van der Waals surface area contributed by atoms with Gasteiger partial charge in [-0.15, -0.1) is 0 Å². The highest BCUT2D eigenvalue weighted by atomic mass is 19.1. The topological polar surface area (TPSA) is 39.9 Å². The Kier molecular flexibility index (Phi) is 4.92.